The van der Waals surface area contributed by atoms with Gasteiger partial charge in [0.15, 0.2) is 5.76 Å². The Kier molecular flexibility index (Phi) is 4.10. The monoisotopic (exact) mass is 197 g/mol. The molecule has 2 N–H and O–H groups in total. The molecule has 1 aromatic rings. The topological polar surface area (TPSA) is 55.3 Å². The lowest BCUT2D eigenvalue weighted by Gasteiger charge is -2.21. The van der Waals surface area contributed by atoms with Gasteiger partial charge in [-0.2, -0.15) is 0 Å². The zero-order chi connectivity index (χ0) is 10.6. The summed E-state index contributed by atoms with van der Waals surface area (Å²) < 4.78 is 5.15. The minimum Gasteiger partial charge on any atom is -0.360 e. The third-order valence-corrected chi connectivity index (χ3v) is 2.57. The van der Waals surface area contributed by atoms with Crippen LogP contribution in [0.4, 0.5) is 0 Å². The van der Waals surface area contributed by atoms with Gasteiger partial charge < -0.3 is 10.3 Å². The van der Waals surface area contributed by atoms with Crippen LogP contribution in [0, 0.1) is 0 Å². The van der Waals surface area contributed by atoms with Crippen LogP contribution in [-0.4, -0.2) is 23.1 Å². The van der Waals surface area contributed by atoms with E-state index in [-0.39, 0.29) is 0 Å². The molecule has 0 aromatic carbocycles. The van der Waals surface area contributed by atoms with E-state index in [0.29, 0.717) is 12.6 Å². The number of nitrogens with zero attached hydrogens (tertiary/aromatic N) is 2. The molecule has 0 spiro atoms. The van der Waals surface area contributed by atoms with E-state index in [0.717, 1.165) is 24.4 Å². The molecule has 0 radical (unpaired) electrons. The number of rotatable bonds is 5. The van der Waals surface area contributed by atoms with Gasteiger partial charge in [0.25, 0.3) is 0 Å². The third-order valence-electron chi connectivity index (χ3n) is 2.57. The Hall–Kier alpha value is -0.870. The van der Waals surface area contributed by atoms with E-state index in [1.807, 2.05) is 6.07 Å². The van der Waals surface area contributed by atoms with E-state index in [9.17, 15) is 0 Å². The zero-order valence-corrected chi connectivity index (χ0v) is 9.16. The van der Waals surface area contributed by atoms with Crippen molar-refractivity contribution in [3.8, 4) is 0 Å². The van der Waals surface area contributed by atoms with Crippen molar-refractivity contribution in [1.29, 1.82) is 0 Å². The molecule has 14 heavy (non-hydrogen) atoms. The van der Waals surface area contributed by atoms with Gasteiger partial charge in [-0.15, -0.1) is 0 Å². The van der Waals surface area contributed by atoms with Crippen LogP contribution in [-0.2, 0) is 13.1 Å². The molecule has 0 saturated heterocycles. The van der Waals surface area contributed by atoms with Gasteiger partial charge in [-0.1, -0.05) is 12.1 Å². The normalized spacial score (nSPS) is 13.5. The number of aromatic nitrogens is 1. The van der Waals surface area contributed by atoms with Crippen LogP contribution in [0.15, 0.2) is 10.6 Å². The summed E-state index contributed by atoms with van der Waals surface area (Å²) in [4.78, 5) is 2.24. The molecule has 1 unspecified atom stereocenters. The van der Waals surface area contributed by atoms with Crippen molar-refractivity contribution in [2.45, 2.75) is 39.4 Å². The predicted molar refractivity (Wildman–Crippen MR) is 55.6 cm³/mol. The average molecular weight is 197 g/mol. The van der Waals surface area contributed by atoms with Gasteiger partial charge in [0, 0.05) is 18.7 Å². The zero-order valence-electron chi connectivity index (χ0n) is 9.16. The average Bonchev–Trinajstić information content (AvgIpc) is 2.64. The van der Waals surface area contributed by atoms with Crippen molar-refractivity contribution >= 4 is 0 Å². The summed E-state index contributed by atoms with van der Waals surface area (Å²) in [7, 11) is 2.08. The van der Waals surface area contributed by atoms with Crippen LogP contribution in [0.2, 0.25) is 0 Å². The molecule has 4 heteroatoms. The first kappa shape index (κ1) is 11.2. The van der Waals surface area contributed by atoms with E-state index in [1.165, 1.54) is 0 Å². The van der Waals surface area contributed by atoms with Crippen molar-refractivity contribution in [3.05, 3.63) is 17.5 Å². The second-order valence-electron chi connectivity index (χ2n) is 3.66. The summed E-state index contributed by atoms with van der Waals surface area (Å²) >= 11 is 0. The SMILES string of the molecule is CCC(C)N(C)Cc1cc(CN)no1. The Morgan fingerprint density at radius 1 is 1.64 bits per heavy atom. The first-order valence-electron chi connectivity index (χ1n) is 5.02. The largest absolute Gasteiger partial charge is 0.360 e. The summed E-state index contributed by atoms with van der Waals surface area (Å²) in [5.41, 5.74) is 6.26. The molecule has 0 fully saturated rings. The third kappa shape index (κ3) is 2.82. The van der Waals surface area contributed by atoms with E-state index < -0.39 is 0 Å². The quantitative estimate of drug-likeness (QED) is 0.774. The lowest BCUT2D eigenvalue weighted by molar-refractivity contribution is 0.214. The first-order chi connectivity index (χ1) is 6.67. The Morgan fingerprint density at radius 2 is 2.36 bits per heavy atom. The molecule has 1 atom stereocenters. The fraction of sp³-hybridized carbons (Fsp3) is 0.700. The molecular formula is C10H19N3O. The Labute approximate surface area is 85.1 Å². The van der Waals surface area contributed by atoms with Gasteiger partial charge in [0.1, 0.15) is 0 Å². The van der Waals surface area contributed by atoms with Crippen LogP contribution in [0.5, 0.6) is 0 Å². The van der Waals surface area contributed by atoms with Crippen LogP contribution in [0.1, 0.15) is 31.7 Å². The lowest BCUT2D eigenvalue weighted by Crippen LogP contribution is -2.27. The molecule has 0 bridgehead atoms. The molecule has 0 saturated carbocycles. The van der Waals surface area contributed by atoms with Crippen molar-refractivity contribution in [3.63, 3.8) is 0 Å². The highest BCUT2D eigenvalue weighted by Gasteiger charge is 2.10. The predicted octanol–water partition coefficient (Wildman–Crippen LogP) is 1.36. The Morgan fingerprint density at radius 3 is 2.86 bits per heavy atom. The standard InChI is InChI=1S/C10H19N3O/c1-4-8(2)13(3)7-10-5-9(6-11)12-14-10/h5,8H,4,6-7,11H2,1-3H3. The maximum atomic E-state index is 5.44. The fourth-order valence-corrected chi connectivity index (χ4v) is 1.24. The lowest BCUT2D eigenvalue weighted by atomic mass is 10.2. The summed E-state index contributed by atoms with van der Waals surface area (Å²) in [5.74, 6) is 0.883. The summed E-state index contributed by atoms with van der Waals surface area (Å²) in [5, 5.41) is 3.85. The minimum absolute atomic E-state index is 0.441. The molecule has 0 aliphatic carbocycles. The minimum atomic E-state index is 0.441. The van der Waals surface area contributed by atoms with Crippen molar-refractivity contribution < 1.29 is 4.52 Å². The van der Waals surface area contributed by atoms with Gasteiger partial charge >= 0.3 is 0 Å². The molecule has 0 aliphatic heterocycles. The van der Waals surface area contributed by atoms with E-state index >= 15 is 0 Å². The number of hydrogen-bond acceptors (Lipinski definition) is 4. The van der Waals surface area contributed by atoms with Gasteiger partial charge in [-0.3, -0.25) is 4.90 Å². The molecule has 80 valence electrons. The van der Waals surface area contributed by atoms with E-state index in [1.54, 1.807) is 0 Å². The second kappa shape index (κ2) is 5.12. The van der Waals surface area contributed by atoms with E-state index in [2.05, 4.69) is 31.0 Å². The summed E-state index contributed by atoms with van der Waals surface area (Å²) in [6.07, 6.45) is 1.13. The maximum absolute atomic E-state index is 5.44. The van der Waals surface area contributed by atoms with Crippen LogP contribution in [0.3, 0.4) is 0 Å². The highest BCUT2D eigenvalue weighted by Crippen LogP contribution is 2.09. The van der Waals surface area contributed by atoms with Gasteiger partial charge in [0.2, 0.25) is 0 Å². The van der Waals surface area contributed by atoms with Crippen molar-refractivity contribution in [2.75, 3.05) is 7.05 Å². The number of nitrogens with two attached hydrogens (primary N) is 1. The van der Waals surface area contributed by atoms with Crippen molar-refractivity contribution in [2.24, 2.45) is 5.73 Å². The molecule has 4 nitrogen and oxygen atoms in total. The van der Waals surface area contributed by atoms with Crippen LogP contribution in [0.25, 0.3) is 0 Å². The first-order valence-corrected chi connectivity index (χ1v) is 5.02. The smallest absolute Gasteiger partial charge is 0.151 e. The number of hydrogen-bond donors (Lipinski definition) is 1. The summed E-state index contributed by atoms with van der Waals surface area (Å²) in [6, 6.07) is 2.47. The molecule has 1 heterocycles. The van der Waals surface area contributed by atoms with Gasteiger partial charge in [-0.05, 0) is 20.4 Å². The molecular weight excluding hydrogens is 178 g/mol. The maximum Gasteiger partial charge on any atom is 0.151 e. The van der Waals surface area contributed by atoms with Crippen LogP contribution < -0.4 is 5.73 Å². The van der Waals surface area contributed by atoms with Crippen molar-refractivity contribution in [1.82, 2.24) is 10.1 Å². The Balaban J connectivity index is 2.51. The summed E-state index contributed by atoms with van der Waals surface area (Å²) in [6.45, 7) is 5.60. The van der Waals surface area contributed by atoms with Gasteiger partial charge in [-0.25, -0.2) is 0 Å². The van der Waals surface area contributed by atoms with E-state index in [4.69, 9.17) is 10.3 Å². The molecule has 0 aliphatic rings. The fourth-order valence-electron chi connectivity index (χ4n) is 1.24. The molecule has 1 aromatic heterocycles. The molecule has 1 rings (SSSR count). The second-order valence-corrected chi connectivity index (χ2v) is 3.66. The highest BCUT2D eigenvalue weighted by molar-refractivity contribution is 5.04. The van der Waals surface area contributed by atoms with Gasteiger partial charge in [0.05, 0.1) is 12.2 Å². The Bertz CT molecular complexity index is 272. The highest BCUT2D eigenvalue weighted by atomic mass is 16.5. The molecule has 0 amide bonds. The van der Waals surface area contributed by atoms with Crippen LogP contribution >= 0.6 is 0 Å².